The van der Waals surface area contributed by atoms with Crippen LogP contribution in [0.25, 0.3) is 11.0 Å². The number of ketones is 1. The van der Waals surface area contributed by atoms with Gasteiger partial charge < -0.3 is 24.1 Å². The van der Waals surface area contributed by atoms with Crippen molar-refractivity contribution in [2.45, 2.75) is 19.9 Å². The summed E-state index contributed by atoms with van der Waals surface area (Å²) in [5.41, 5.74) is 1.28. The number of fused-ring (bicyclic) bond motifs is 1. The van der Waals surface area contributed by atoms with E-state index < -0.39 is 23.5 Å². The zero-order valence-electron chi connectivity index (χ0n) is 19.1. The number of rotatable bonds is 9. The fourth-order valence-electron chi connectivity index (χ4n) is 4.29. The van der Waals surface area contributed by atoms with Crippen molar-refractivity contribution >= 4 is 22.7 Å². The zero-order chi connectivity index (χ0) is 23.5. The predicted octanol–water partition coefficient (Wildman–Crippen LogP) is 4.36. The van der Waals surface area contributed by atoms with E-state index in [0.29, 0.717) is 30.0 Å². The molecule has 172 valence electrons. The van der Waals surface area contributed by atoms with Gasteiger partial charge in [-0.2, -0.15) is 0 Å². The number of amides is 1. The van der Waals surface area contributed by atoms with Crippen molar-refractivity contribution in [3.05, 3.63) is 77.3 Å². The maximum atomic E-state index is 13.6. The molecule has 1 amide bonds. The molecular weight excluding hydrogens is 420 g/mol. The van der Waals surface area contributed by atoms with E-state index in [4.69, 9.17) is 9.15 Å². The SMILES string of the molecule is CCN(CC)CCN1C(=O)C(O)=C(C(=O)c2cc3ccccc3o2)[C@H]1c1cccc(OC)c1. The lowest BCUT2D eigenvalue weighted by Crippen LogP contribution is -2.38. The summed E-state index contributed by atoms with van der Waals surface area (Å²) in [4.78, 5) is 30.5. The van der Waals surface area contributed by atoms with E-state index in [0.717, 1.165) is 18.5 Å². The molecule has 7 heteroatoms. The van der Waals surface area contributed by atoms with Gasteiger partial charge in [-0.05, 0) is 42.9 Å². The second-order valence-corrected chi connectivity index (χ2v) is 7.94. The summed E-state index contributed by atoms with van der Waals surface area (Å²) >= 11 is 0. The fourth-order valence-corrected chi connectivity index (χ4v) is 4.29. The second kappa shape index (κ2) is 9.50. The summed E-state index contributed by atoms with van der Waals surface area (Å²) in [7, 11) is 1.56. The molecule has 4 rings (SSSR count). The van der Waals surface area contributed by atoms with E-state index in [2.05, 4.69) is 18.7 Å². The number of nitrogens with zero attached hydrogens (tertiary/aromatic N) is 2. The Hall–Kier alpha value is -3.58. The van der Waals surface area contributed by atoms with Gasteiger partial charge in [0.15, 0.2) is 11.5 Å². The van der Waals surface area contributed by atoms with Crippen LogP contribution in [0.2, 0.25) is 0 Å². The maximum absolute atomic E-state index is 13.6. The molecule has 33 heavy (non-hydrogen) atoms. The van der Waals surface area contributed by atoms with Crippen LogP contribution in [0.5, 0.6) is 5.75 Å². The van der Waals surface area contributed by atoms with Gasteiger partial charge in [-0.25, -0.2) is 0 Å². The molecule has 1 aromatic heterocycles. The van der Waals surface area contributed by atoms with Gasteiger partial charge in [0.05, 0.1) is 18.7 Å². The monoisotopic (exact) mass is 448 g/mol. The number of likely N-dealkylation sites (N-methyl/N-ethyl adjacent to an activating group) is 1. The van der Waals surface area contributed by atoms with E-state index >= 15 is 0 Å². The van der Waals surface area contributed by atoms with Crippen molar-refractivity contribution in [3.8, 4) is 5.75 Å². The Morgan fingerprint density at radius 3 is 2.58 bits per heavy atom. The second-order valence-electron chi connectivity index (χ2n) is 7.94. The van der Waals surface area contributed by atoms with Gasteiger partial charge >= 0.3 is 0 Å². The highest BCUT2D eigenvalue weighted by Gasteiger charge is 2.44. The molecule has 2 aromatic carbocycles. The number of carbonyl (C=O) groups is 2. The van der Waals surface area contributed by atoms with Crippen LogP contribution in [0.15, 0.2) is 70.3 Å². The first-order valence-corrected chi connectivity index (χ1v) is 11.1. The Kier molecular flexibility index (Phi) is 6.51. The Labute approximate surface area is 192 Å². The number of carbonyl (C=O) groups excluding carboxylic acids is 2. The molecule has 2 heterocycles. The van der Waals surface area contributed by atoms with Gasteiger partial charge in [-0.1, -0.05) is 44.2 Å². The van der Waals surface area contributed by atoms with Crippen LogP contribution in [0.1, 0.15) is 36.0 Å². The first-order valence-electron chi connectivity index (χ1n) is 11.1. The van der Waals surface area contributed by atoms with Gasteiger partial charge in [-0.15, -0.1) is 0 Å². The number of hydrogen-bond donors (Lipinski definition) is 1. The molecule has 0 aliphatic carbocycles. The topological polar surface area (TPSA) is 83.2 Å². The average Bonchev–Trinajstić information content (AvgIpc) is 3.39. The molecule has 7 nitrogen and oxygen atoms in total. The lowest BCUT2D eigenvalue weighted by Gasteiger charge is -2.29. The summed E-state index contributed by atoms with van der Waals surface area (Å²) in [6, 6.07) is 15.4. The number of para-hydroxylation sites is 1. The van der Waals surface area contributed by atoms with E-state index in [1.165, 1.54) is 0 Å². The quantitative estimate of drug-likeness (QED) is 0.490. The van der Waals surface area contributed by atoms with E-state index in [1.807, 2.05) is 24.3 Å². The molecule has 1 aliphatic heterocycles. The highest BCUT2D eigenvalue weighted by Crippen LogP contribution is 2.40. The third kappa shape index (κ3) is 4.24. The summed E-state index contributed by atoms with van der Waals surface area (Å²) in [6.07, 6.45) is 0. The van der Waals surface area contributed by atoms with E-state index in [-0.39, 0.29) is 11.3 Å². The standard InChI is InChI=1S/C26H28N2O5/c1-4-27(5-2)13-14-28-23(18-10-8-11-19(15-18)32-3)22(25(30)26(28)31)24(29)21-16-17-9-6-7-12-20(17)33-21/h6-12,15-16,23,30H,4-5,13-14H2,1-3H3/t23-/m1/s1. The zero-order valence-corrected chi connectivity index (χ0v) is 19.1. The Bertz CT molecular complexity index is 1180. The molecule has 1 aliphatic rings. The first-order chi connectivity index (χ1) is 16.0. The van der Waals surface area contributed by atoms with Crippen molar-refractivity contribution in [1.82, 2.24) is 9.80 Å². The number of furan rings is 1. The average molecular weight is 449 g/mol. The minimum atomic E-state index is -0.746. The van der Waals surface area contributed by atoms with E-state index in [9.17, 15) is 14.7 Å². The van der Waals surface area contributed by atoms with Gasteiger partial charge in [0, 0.05) is 18.5 Å². The van der Waals surface area contributed by atoms with Crippen LogP contribution in [0.3, 0.4) is 0 Å². The number of aliphatic hydroxyl groups is 1. The van der Waals surface area contributed by atoms with Gasteiger partial charge in [0.2, 0.25) is 5.78 Å². The summed E-state index contributed by atoms with van der Waals surface area (Å²) in [5.74, 6) is -0.910. The van der Waals surface area contributed by atoms with Crippen molar-refractivity contribution in [1.29, 1.82) is 0 Å². The fraction of sp³-hybridized carbons (Fsp3) is 0.308. The number of benzene rings is 2. The third-order valence-corrected chi connectivity index (χ3v) is 6.16. The molecule has 0 saturated heterocycles. The van der Waals surface area contributed by atoms with Gasteiger partial charge in [-0.3, -0.25) is 9.59 Å². The molecule has 0 bridgehead atoms. The summed E-state index contributed by atoms with van der Waals surface area (Å²) in [5, 5.41) is 11.6. The minimum absolute atomic E-state index is 0.0202. The molecule has 3 aromatic rings. The normalized spacial score (nSPS) is 16.3. The molecular formula is C26H28N2O5. The largest absolute Gasteiger partial charge is 0.503 e. The molecule has 0 unspecified atom stereocenters. The van der Waals surface area contributed by atoms with E-state index in [1.54, 1.807) is 42.3 Å². The van der Waals surface area contributed by atoms with Crippen LogP contribution in [-0.2, 0) is 4.79 Å². The Balaban J connectivity index is 1.76. The number of Topliss-reactive ketones (excluding diaryl/α,β-unsaturated/α-hetero) is 1. The molecule has 1 atom stereocenters. The van der Waals surface area contributed by atoms with Crippen LogP contribution in [0.4, 0.5) is 0 Å². The number of ether oxygens (including phenoxy) is 1. The Morgan fingerprint density at radius 1 is 1.12 bits per heavy atom. The van der Waals surface area contributed by atoms with Crippen molar-refractivity contribution in [2.24, 2.45) is 0 Å². The molecule has 0 fully saturated rings. The lowest BCUT2D eigenvalue weighted by atomic mass is 9.95. The smallest absolute Gasteiger partial charge is 0.290 e. The predicted molar refractivity (Wildman–Crippen MR) is 125 cm³/mol. The lowest BCUT2D eigenvalue weighted by molar-refractivity contribution is -0.129. The van der Waals surface area contributed by atoms with Gasteiger partial charge in [0.1, 0.15) is 11.3 Å². The van der Waals surface area contributed by atoms with Crippen LogP contribution in [-0.4, -0.2) is 59.9 Å². The molecule has 0 saturated carbocycles. The van der Waals surface area contributed by atoms with Crippen LogP contribution < -0.4 is 4.74 Å². The molecule has 0 spiro atoms. The minimum Gasteiger partial charge on any atom is -0.503 e. The number of aliphatic hydroxyl groups excluding tert-OH is 1. The van der Waals surface area contributed by atoms with Crippen LogP contribution in [0, 0.1) is 0 Å². The highest BCUT2D eigenvalue weighted by atomic mass is 16.5. The number of methoxy groups -OCH3 is 1. The molecule has 0 radical (unpaired) electrons. The first kappa shape index (κ1) is 22.6. The van der Waals surface area contributed by atoms with Crippen molar-refractivity contribution < 1.29 is 23.8 Å². The summed E-state index contributed by atoms with van der Waals surface area (Å²) in [6.45, 7) is 6.78. The van der Waals surface area contributed by atoms with Crippen LogP contribution >= 0.6 is 0 Å². The number of hydrogen-bond acceptors (Lipinski definition) is 6. The highest BCUT2D eigenvalue weighted by molar-refractivity contribution is 6.16. The van der Waals surface area contributed by atoms with Gasteiger partial charge in [0.25, 0.3) is 5.91 Å². The van der Waals surface area contributed by atoms with Crippen molar-refractivity contribution in [3.63, 3.8) is 0 Å². The maximum Gasteiger partial charge on any atom is 0.290 e. The summed E-state index contributed by atoms with van der Waals surface area (Å²) < 4.78 is 11.1. The molecule has 1 N–H and O–H groups in total. The van der Waals surface area contributed by atoms with Crippen molar-refractivity contribution in [2.75, 3.05) is 33.3 Å². The Morgan fingerprint density at radius 2 is 1.88 bits per heavy atom. The third-order valence-electron chi connectivity index (χ3n) is 6.16.